The first-order chi connectivity index (χ1) is 8.25. The third-order valence-electron chi connectivity index (χ3n) is 4.38. The predicted octanol–water partition coefficient (Wildman–Crippen LogP) is 1.40. The van der Waals surface area contributed by atoms with Crippen LogP contribution in [0.2, 0.25) is 0 Å². The molecule has 1 saturated carbocycles. The van der Waals surface area contributed by atoms with Crippen LogP contribution in [0.1, 0.15) is 32.1 Å². The number of likely N-dealkylation sites (N-methyl/N-ethyl adjacent to an activating group) is 1. The normalized spacial score (nSPS) is 23.3. The molecule has 100 valence electrons. The molecule has 2 aliphatic rings. The van der Waals surface area contributed by atoms with E-state index in [2.05, 4.69) is 29.2 Å². The minimum absolute atomic E-state index is 0.907. The van der Waals surface area contributed by atoms with Crippen LogP contribution in [0, 0.1) is 5.92 Å². The quantitative estimate of drug-likeness (QED) is 0.756. The van der Waals surface area contributed by atoms with Gasteiger partial charge in [0.1, 0.15) is 0 Å². The summed E-state index contributed by atoms with van der Waals surface area (Å²) in [5.74, 6) is 0.944. The van der Waals surface area contributed by atoms with E-state index in [9.17, 15) is 0 Å². The first-order valence-electron chi connectivity index (χ1n) is 7.35. The fourth-order valence-electron chi connectivity index (χ4n) is 2.90. The van der Waals surface area contributed by atoms with Crippen LogP contribution < -0.4 is 5.32 Å². The van der Waals surface area contributed by atoms with Crippen molar-refractivity contribution in [2.75, 3.05) is 46.8 Å². The molecule has 2 fully saturated rings. The maximum Gasteiger partial charge on any atom is 0.0112 e. The van der Waals surface area contributed by atoms with Gasteiger partial charge in [-0.05, 0) is 58.8 Å². The summed E-state index contributed by atoms with van der Waals surface area (Å²) in [4.78, 5) is 5.09. The van der Waals surface area contributed by atoms with E-state index in [-0.39, 0.29) is 0 Å². The van der Waals surface area contributed by atoms with Crippen molar-refractivity contribution in [2.45, 2.75) is 38.1 Å². The third-order valence-corrected chi connectivity index (χ3v) is 4.38. The van der Waals surface area contributed by atoms with E-state index in [4.69, 9.17) is 0 Å². The van der Waals surface area contributed by atoms with Crippen LogP contribution in [0.5, 0.6) is 0 Å². The molecule has 1 saturated heterocycles. The molecule has 0 atom stereocenters. The lowest BCUT2D eigenvalue weighted by atomic mass is 9.89. The standard InChI is InChI=1S/C14H29N3/c1-16(2)10-11-17(14-4-3-5-14)12-13-6-8-15-9-7-13/h13-15H,3-12H2,1-2H3. The van der Waals surface area contributed by atoms with E-state index in [1.807, 2.05) is 0 Å². The van der Waals surface area contributed by atoms with Crippen LogP contribution >= 0.6 is 0 Å². The summed E-state index contributed by atoms with van der Waals surface area (Å²) in [7, 11) is 4.37. The summed E-state index contributed by atoms with van der Waals surface area (Å²) in [6.45, 7) is 6.29. The van der Waals surface area contributed by atoms with Gasteiger partial charge in [-0.2, -0.15) is 0 Å². The van der Waals surface area contributed by atoms with Crippen LogP contribution in [0.4, 0.5) is 0 Å². The molecule has 2 rings (SSSR count). The van der Waals surface area contributed by atoms with Gasteiger partial charge in [0, 0.05) is 25.7 Å². The Bertz CT molecular complexity index is 208. The maximum absolute atomic E-state index is 3.47. The van der Waals surface area contributed by atoms with Gasteiger partial charge in [0.05, 0.1) is 0 Å². The maximum atomic E-state index is 3.47. The topological polar surface area (TPSA) is 18.5 Å². The van der Waals surface area contributed by atoms with Crippen LogP contribution in [0.3, 0.4) is 0 Å². The Morgan fingerprint density at radius 3 is 2.24 bits per heavy atom. The second kappa shape index (κ2) is 6.72. The summed E-state index contributed by atoms with van der Waals surface area (Å²) < 4.78 is 0. The van der Waals surface area contributed by atoms with Crippen molar-refractivity contribution >= 4 is 0 Å². The van der Waals surface area contributed by atoms with Crippen molar-refractivity contribution in [1.29, 1.82) is 0 Å². The molecule has 0 bridgehead atoms. The predicted molar refractivity (Wildman–Crippen MR) is 73.4 cm³/mol. The first-order valence-corrected chi connectivity index (χ1v) is 7.35. The van der Waals surface area contributed by atoms with Gasteiger partial charge in [-0.1, -0.05) is 6.42 Å². The first kappa shape index (κ1) is 13.3. The SMILES string of the molecule is CN(C)CCN(CC1CCNCC1)C1CCC1. The second-order valence-electron chi connectivity index (χ2n) is 6.08. The van der Waals surface area contributed by atoms with Gasteiger partial charge in [-0.15, -0.1) is 0 Å². The number of hydrogen-bond donors (Lipinski definition) is 1. The molecule has 17 heavy (non-hydrogen) atoms. The molecule has 3 heteroatoms. The fraction of sp³-hybridized carbons (Fsp3) is 1.00. The van der Waals surface area contributed by atoms with Crippen LogP contribution in [0.25, 0.3) is 0 Å². The van der Waals surface area contributed by atoms with Crippen molar-refractivity contribution in [3.8, 4) is 0 Å². The fourth-order valence-corrected chi connectivity index (χ4v) is 2.90. The monoisotopic (exact) mass is 239 g/mol. The number of hydrogen-bond acceptors (Lipinski definition) is 3. The number of piperidine rings is 1. The highest BCUT2D eigenvalue weighted by atomic mass is 15.2. The highest BCUT2D eigenvalue weighted by Crippen LogP contribution is 2.26. The third kappa shape index (κ3) is 4.23. The van der Waals surface area contributed by atoms with Crippen molar-refractivity contribution in [3.63, 3.8) is 0 Å². The molecule has 1 aliphatic carbocycles. The lowest BCUT2D eigenvalue weighted by molar-refractivity contribution is 0.0916. The summed E-state index contributed by atoms with van der Waals surface area (Å²) in [5.41, 5.74) is 0. The van der Waals surface area contributed by atoms with Crippen LogP contribution in [-0.4, -0.2) is 62.7 Å². The minimum Gasteiger partial charge on any atom is -0.317 e. The van der Waals surface area contributed by atoms with Gasteiger partial charge in [0.25, 0.3) is 0 Å². The molecule has 0 radical (unpaired) electrons. The molecular weight excluding hydrogens is 210 g/mol. The van der Waals surface area contributed by atoms with Crippen molar-refractivity contribution in [1.82, 2.24) is 15.1 Å². The summed E-state index contributed by atoms with van der Waals surface area (Å²) in [5, 5.41) is 3.47. The molecule has 3 nitrogen and oxygen atoms in total. The Hall–Kier alpha value is -0.120. The molecule has 1 N–H and O–H groups in total. The molecule has 0 unspecified atom stereocenters. The molecule has 0 amide bonds. The summed E-state index contributed by atoms with van der Waals surface area (Å²) in [6, 6.07) is 0.907. The average molecular weight is 239 g/mol. The van der Waals surface area contributed by atoms with E-state index in [0.717, 1.165) is 12.0 Å². The average Bonchev–Trinajstić information content (AvgIpc) is 2.25. The molecule has 0 aromatic rings. The van der Waals surface area contributed by atoms with E-state index < -0.39 is 0 Å². The summed E-state index contributed by atoms with van der Waals surface area (Å²) >= 11 is 0. The minimum atomic E-state index is 0.907. The Morgan fingerprint density at radius 1 is 1.00 bits per heavy atom. The van der Waals surface area contributed by atoms with Crippen molar-refractivity contribution in [2.24, 2.45) is 5.92 Å². The summed E-state index contributed by atoms with van der Waals surface area (Å²) in [6.07, 6.45) is 7.10. The molecule has 1 heterocycles. The molecule has 0 aromatic carbocycles. The van der Waals surface area contributed by atoms with Gasteiger partial charge in [0.2, 0.25) is 0 Å². The zero-order valence-electron chi connectivity index (χ0n) is 11.6. The van der Waals surface area contributed by atoms with Gasteiger partial charge < -0.3 is 10.2 Å². The number of nitrogens with one attached hydrogen (secondary N) is 1. The Balaban J connectivity index is 1.76. The van der Waals surface area contributed by atoms with Gasteiger partial charge >= 0.3 is 0 Å². The van der Waals surface area contributed by atoms with E-state index >= 15 is 0 Å². The van der Waals surface area contributed by atoms with Gasteiger partial charge in [0.15, 0.2) is 0 Å². The second-order valence-corrected chi connectivity index (χ2v) is 6.08. The Morgan fingerprint density at radius 2 is 1.71 bits per heavy atom. The lowest BCUT2D eigenvalue weighted by Crippen LogP contribution is -2.47. The largest absolute Gasteiger partial charge is 0.317 e. The number of nitrogens with zero attached hydrogens (tertiary/aromatic N) is 2. The zero-order valence-corrected chi connectivity index (χ0v) is 11.6. The number of rotatable bonds is 6. The molecule has 1 aliphatic heterocycles. The Kier molecular flexibility index (Phi) is 5.26. The van der Waals surface area contributed by atoms with Gasteiger partial charge in [-0.25, -0.2) is 0 Å². The highest BCUT2D eigenvalue weighted by Gasteiger charge is 2.27. The smallest absolute Gasteiger partial charge is 0.0112 e. The Labute approximate surface area is 107 Å². The highest BCUT2D eigenvalue weighted by molar-refractivity contribution is 4.83. The van der Waals surface area contributed by atoms with Crippen molar-refractivity contribution in [3.05, 3.63) is 0 Å². The van der Waals surface area contributed by atoms with Crippen LogP contribution in [0.15, 0.2) is 0 Å². The molecular formula is C14H29N3. The molecule has 0 spiro atoms. The van der Waals surface area contributed by atoms with E-state index in [1.165, 1.54) is 64.8 Å². The van der Waals surface area contributed by atoms with E-state index in [0.29, 0.717) is 0 Å². The van der Waals surface area contributed by atoms with Crippen LogP contribution in [-0.2, 0) is 0 Å². The van der Waals surface area contributed by atoms with Gasteiger partial charge in [-0.3, -0.25) is 4.90 Å². The van der Waals surface area contributed by atoms with E-state index in [1.54, 1.807) is 0 Å². The zero-order chi connectivity index (χ0) is 12.1. The lowest BCUT2D eigenvalue weighted by Gasteiger charge is -2.40. The van der Waals surface area contributed by atoms with Crippen molar-refractivity contribution < 1.29 is 0 Å². The molecule has 0 aromatic heterocycles.